The standard InChI is InChI=1S/C16H23BrN2O2/c1-16(2,3)13-6-8-18(9-7-13)11-12-4-5-14(17)15(10-12)19(20)21/h4-5,10,13H,6-9,11H2,1-3H3. The zero-order valence-corrected chi connectivity index (χ0v) is 14.5. The van der Waals surface area contributed by atoms with Crippen LogP contribution in [0.5, 0.6) is 0 Å². The molecule has 0 atom stereocenters. The van der Waals surface area contributed by atoms with E-state index in [1.54, 1.807) is 12.1 Å². The van der Waals surface area contributed by atoms with Gasteiger partial charge in [-0.25, -0.2) is 0 Å². The fraction of sp³-hybridized carbons (Fsp3) is 0.625. The first kappa shape index (κ1) is 16.4. The van der Waals surface area contributed by atoms with Gasteiger partial charge in [0.25, 0.3) is 5.69 Å². The molecule has 0 aromatic heterocycles. The molecule has 0 N–H and O–H groups in total. The van der Waals surface area contributed by atoms with Gasteiger partial charge in [-0.1, -0.05) is 26.8 Å². The highest BCUT2D eigenvalue weighted by Gasteiger charge is 2.28. The smallest absolute Gasteiger partial charge is 0.283 e. The lowest BCUT2D eigenvalue weighted by Gasteiger charge is -2.38. The van der Waals surface area contributed by atoms with Crippen LogP contribution in [0.15, 0.2) is 22.7 Å². The molecular weight excluding hydrogens is 332 g/mol. The minimum Gasteiger partial charge on any atom is -0.299 e. The Kier molecular flexibility index (Phi) is 5.04. The molecule has 0 radical (unpaired) electrons. The van der Waals surface area contributed by atoms with Crippen molar-refractivity contribution in [3.8, 4) is 0 Å². The van der Waals surface area contributed by atoms with Crippen LogP contribution < -0.4 is 0 Å². The number of piperidine rings is 1. The molecule has 0 unspecified atom stereocenters. The monoisotopic (exact) mass is 354 g/mol. The predicted molar refractivity (Wildman–Crippen MR) is 88.3 cm³/mol. The van der Waals surface area contributed by atoms with Crippen molar-refractivity contribution in [1.29, 1.82) is 0 Å². The summed E-state index contributed by atoms with van der Waals surface area (Å²) in [5.41, 5.74) is 1.54. The average molecular weight is 355 g/mol. The van der Waals surface area contributed by atoms with E-state index in [9.17, 15) is 10.1 Å². The molecule has 1 aromatic rings. The van der Waals surface area contributed by atoms with Crippen LogP contribution in [0.1, 0.15) is 39.2 Å². The number of halogens is 1. The van der Waals surface area contributed by atoms with Gasteiger partial charge in [-0.3, -0.25) is 15.0 Å². The summed E-state index contributed by atoms with van der Waals surface area (Å²) < 4.78 is 0.544. The van der Waals surface area contributed by atoms with Crippen LogP contribution in [0, 0.1) is 21.4 Å². The van der Waals surface area contributed by atoms with Gasteiger partial charge in [0.1, 0.15) is 0 Å². The molecule has 1 aliphatic rings. The van der Waals surface area contributed by atoms with Gasteiger partial charge in [0.05, 0.1) is 9.40 Å². The number of hydrogen-bond acceptors (Lipinski definition) is 3. The lowest BCUT2D eigenvalue weighted by Crippen LogP contribution is -2.37. The average Bonchev–Trinajstić information content (AvgIpc) is 2.40. The molecule has 0 aliphatic carbocycles. The fourth-order valence-electron chi connectivity index (χ4n) is 3.01. The Morgan fingerprint density at radius 2 is 1.95 bits per heavy atom. The second-order valence-electron chi connectivity index (χ2n) is 6.96. The zero-order chi connectivity index (χ0) is 15.6. The number of likely N-dealkylation sites (tertiary alicyclic amines) is 1. The Hall–Kier alpha value is -0.940. The third kappa shape index (κ3) is 4.27. The van der Waals surface area contributed by atoms with Crippen molar-refractivity contribution in [2.45, 2.75) is 40.2 Å². The molecule has 2 rings (SSSR count). The van der Waals surface area contributed by atoms with Crippen molar-refractivity contribution in [1.82, 2.24) is 4.90 Å². The first-order valence-corrected chi connectivity index (χ1v) is 8.22. The highest BCUT2D eigenvalue weighted by atomic mass is 79.9. The molecule has 5 heteroatoms. The first-order chi connectivity index (χ1) is 9.77. The van der Waals surface area contributed by atoms with Crippen LogP contribution in [-0.4, -0.2) is 22.9 Å². The number of nitro benzene ring substituents is 1. The van der Waals surface area contributed by atoms with Crippen molar-refractivity contribution >= 4 is 21.6 Å². The quantitative estimate of drug-likeness (QED) is 0.587. The van der Waals surface area contributed by atoms with E-state index in [0.29, 0.717) is 9.89 Å². The molecule has 1 heterocycles. The van der Waals surface area contributed by atoms with E-state index >= 15 is 0 Å². The van der Waals surface area contributed by atoms with E-state index in [0.717, 1.165) is 31.1 Å². The van der Waals surface area contributed by atoms with Crippen molar-refractivity contribution in [2.24, 2.45) is 11.3 Å². The number of hydrogen-bond donors (Lipinski definition) is 0. The molecule has 21 heavy (non-hydrogen) atoms. The predicted octanol–water partition coefficient (Wildman–Crippen LogP) is 4.62. The molecule has 1 aromatic carbocycles. The molecule has 116 valence electrons. The van der Waals surface area contributed by atoms with E-state index < -0.39 is 0 Å². The van der Waals surface area contributed by atoms with Crippen molar-refractivity contribution in [2.75, 3.05) is 13.1 Å². The molecule has 0 saturated carbocycles. The number of rotatable bonds is 3. The number of nitro groups is 1. The number of benzene rings is 1. The summed E-state index contributed by atoms with van der Waals surface area (Å²) >= 11 is 3.23. The summed E-state index contributed by atoms with van der Waals surface area (Å²) in [6.07, 6.45) is 2.42. The fourth-order valence-corrected chi connectivity index (χ4v) is 3.40. The van der Waals surface area contributed by atoms with Crippen LogP contribution in [0.2, 0.25) is 0 Å². The SMILES string of the molecule is CC(C)(C)C1CCN(Cc2ccc(Br)c([N+](=O)[O-])c2)CC1. The lowest BCUT2D eigenvalue weighted by molar-refractivity contribution is -0.385. The first-order valence-electron chi connectivity index (χ1n) is 7.42. The maximum absolute atomic E-state index is 11.0. The summed E-state index contributed by atoms with van der Waals surface area (Å²) in [5.74, 6) is 0.771. The minimum absolute atomic E-state index is 0.150. The van der Waals surface area contributed by atoms with Gasteiger partial charge in [0.2, 0.25) is 0 Å². The normalized spacial score (nSPS) is 17.9. The molecule has 0 amide bonds. The van der Waals surface area contributed by atoms with Gasteiger partial charge in [-0.05, 0) is 64.8 Å². The van der Waals surface area contributed by atoms with Crippen molar-refractivity contribution < 1.29 is 4.92 Å². The van der Waals surface area contributed by atoms with Gasteiger partial charge in [0.15, 0.2) is 0 Å². The molecule has 4 nitrogen and oxygen atoms in total. The van der Waals surface area contributed by atoms with Crippen LogP contribution in [-0.2, 0) is 6.54 Å². The summed E-state index contributed by atoms with van der Waals surface area (Å²) in [7, 11) is 0. The Balaban J connectivity index is 1.98. The van der Waals surface area contributed by atoms with Crippen molar-refractivity contribution in [3.05, 3.63) is 38.3 Å². The highest BCUT2D eigenvalue weighted by molar-refractivity contribution is 9.10. The minimum atomic E-state index is -0.334. The van der Waals surface area contributed by atoms with E-state index in [-0.39, 0.29) is 10.6 Å². The Bertz CT molecular complexity index is 517. The maximum atomic E-state index is 11.0. The van der Waals surface area contributed by atoms with E-state index in [2.05, 4.69) is 41.6 Å². The van der Waals surface area contributed by atoms with Crippen LogP contribution >= 0.6 is 15.9 Å². The largest absolute Gasteiger partial charge is 0.299 e. The molecule has 1 aliphatic heterocycles. The Morgan fingerprint density at radius 1 is 1.33 bits per heavy atom. The summed E-state index contributed by atoms with van der Waals surface area (Å²) in [6, 6.07) is 5.42. The van der Waals surface area contributed by atoms with Crippen LogP contribution in [0.3, 0.4) is 0 Å². The molecule has 1 fully saturated rings. The topological polar surface area (TPSA) is 46.4 Å². The highest BCUT2D eigenvalue weighted by Crippen LogP contribution is 2.35. The second-order valence-corrected chi connectivity index (χ2v) is 7.81. The zero-order valence-electron chi connectivity index (χ0n) is 12.9. The molecule has 0 bridgehead atoms. The molecule has 0 spiro atoms. The van der Waals surface area contributed by atoms with Crippen molar-refractivity contribution in [3.63, 3.8) is 0 Å². The third-order valence-electron chi connectivity index (χ3n) is 4.43. The summed E-state index contributed by atoms with van der Waals surface area (Å²) in [5, 5.41) is 11.0. The molecule has 1 saturated heterocycles. The van der Waals surface area contributed by atoms with Gasteiger partial charge in [-0.2, -0.15) is 0 Å². The van der Waals surface area contributed by atoms with E-state index in [1.807, 2.05) is 6.07 Å². The van der Waals surface area contributed by atoms with E-state index in [4.69, 9.17) is 0 Å². The van der Waals surface area contributed by atoms with Gasteiger partial charge >= 0.3 is 0 Å². The van der Waals surface area contributed by atoms with Crippen LogP contribution in [0.25, 0.3) is 0 Å². The van der Waals surface area contributed by atoms with Crippen LogP contribution in [0.4, 0.5) is 5.69 Å². The van der Waals surface area contributed by atoms with E-state index in [1.165, 1.54) is 12.8 Å². The van der Waals surface area contributed by atoms with Gasteiger partial charge in [-0.15, -0.1) is 0 Å². The summed E-state index contributed by atoms with van der Waals surface area (Å²) in [6.45, 7) is 9.88. The maximum Gasteiger partial charge on any atom is 0.283 e. The summed E-state index contributed by atoms with van der Waals surface area (Å²) in [4.78, 5) is 13.0. The number of nitrogens with zero attached hydrogens (tertiary/aromatic N) is 2. The molecular formula is C16H23BrN2O2. The second kappa shape index (κ2) is 6.44. The van der Waals surface area contributed by atoms with Gasteiger partial charge in [0, 0.05) is 12.6 Å². The Labute approximate surface area is 134 Å². The third-order valence-corrected chi connectivity index (χ3v) is 5.10. The Morgan fingerprint density at radius 3 is 2.48 bits per heavy atom. The van der Waals surface area contributed by atoms with Gasteiger partial charge < -0.3 is 0 Å². The lowest BCUT2D eigenvalue weighted by atomic mass is 9.75.